The molecular weight excluding hydrogens is 259 g/mol. The summed E-state index contributed by atoms with van der Waals surface area (Å²) in [4.78, 5) is 11.0. The number of halogens is 3. The van der Waals surface area contributed by atoms with Crippen LogP contribution < -0.4 is 5.32 Å². The van der Waals surface area contributed by atoms with Crippen LogP contribution in [0, 0.1) is 0 Å². The van der Waals surface area contributed by atoms with Crippen LogP contribution in [0.5, 0.6) is 0 Å². The van der Waals surface area contributed by atoms with Crippen LogP contribution in [-0.2, 0) is 6.18 Å². The molecule has 1 atom stereocenters. The van der Waals surface area contributed by atoms with Gasteiger partial charge in [-0.05, 0) is 31.5 Å². The van der Waals surface area contributed by atoms with E-state index in [-0.39, 0.29) is 11.7 Å². The SMILES string of the molecule is C=CCC(C)Nc1ccc(C(F)(F)F)cc1C(=O)O. The van der Waals surface area contributed by atoms with Gasteiger partial charge < -0.3 is 10.4 Å². The summed E-state index contributed by atoms with van der Waals surface area (Å²) in [6, 6.07) is 2.50. The number of carbonyl (C=O) groups is 1. The van der Waals surface area contributed by atoms with Crippen LogP contribution in [0.1, 0.15) is 29.3 Å². The second kappa shape index (κ2) is 5.77. The molecule has 1 unspecified atom stereocenters. The van der Waals surface area contributed by atoms with Crippen molar-refractivity contribution >= 4 is 11.7 Å². The van der Waals surface area contributed by atoms with Gasteiger partial charge in [0, 0.05) is 11.7 Å². The lowest BCUT2D eigenvalue weighted by Crippen LogP contribution is -2.17. The molecule has 0 amide bonds. The molecule has 1 rings (SSSR count). The van der Waals surface area contributed by atoms with Gasteiger partial charge in [-0.1, -0.05) is 6.08 Å². The third-order valence-electron chi connectivity index (χ3n) is 2.50. The number of aromatic carboxylic acids is 1. The summed E-state index contributed by atoms with van der Waals surface area (Å²) in [6.07, 6.45) is -2.35. The van der Waals surface area contributed by atoms with Gasteiger partial charge in [0.25, 0.3) is 0 Å². The van der Waals surface area contributed by atoms with Gasteiger partial charge in [0.15, 0.2) is 0 Å². The normalized spacial score (nSPS) is 12.8. The lowest BCUT2D eigenvalue weighted by Gasteiger charge is -2.16. The highest BCUT2D eigenvalue weighted by Gasteiger charge is 2.31. The van der Waals surface area contributed by atoms with E-state index < -0.39 is 23.3 Å². The molecule has 0 spiro atoms. The van der Waals surface area contributed by atoms with Crippen molar-refractivity contribution in [2.24, 2.45) is 0 Å². The van der Waals surface area contributed by atoms with E-state index in [0.717, 1.165) is 12.1 Å². The minimum atomic E-state index is -4.56. The van der Waals surface area contributed by atoms with Gasteiger partial charge in [-0.25, -0.2) is 4.79 Å². The van der Waals surface area contributed by atoms with Crippen molar-refractivity contribution in [1.82, 2.24) is 0 Å². The lowest BCUT2D eigenvalue weighted by molar-refractivity contribution is -0.137. The smallest absolute Gasteiger partial charge is 0.416 e. The number of carboxylic acid groups (broad SMARTS) is 1. The van der Waals surface area contributed by atoms with E-state index in [4.69, 9.17) is 5.11 Å². The largest absolute Gasteiger partial charge is 0.478 e. The highest BCUT2D eigenvalue weighted by molar-refractivity contribution is 5.94. The highest BCUT2D eigenvalue weighted by atomic mass is 19.4. The molecule has 0 aliphatic rings. The number of rotatable bonds is 5. The van der Waals surface area contributed by atoms with Crippen molar-refractivity contribution in [3.05, 3.63) is 42.0 Å². The van der Waals surface area contributed by atoms with Gasteiger partial charge in [-0.3, -0.25) is 0 Å². The van der Waals surface area contributed by atoms with Crippen LogP contribution in [0.4, 0.5) is 18.9 Å². The van der Waals surface area contributed by atoms with E-state index in [0.29, 0.717) is 12.5 Å². The summed E-state index contributed by atoms with van der Waals surface area (Å²) in [5, 5.41) is 11.8. The lowest BCUT2D eigenvalue weighted by atomic mass is 10.1. The maximum absolute atomic E-state index is 12.5. The Kier molecular flexibility index (Phi) is 4.58. The third-order valence-corrected chi connectivity index (χ3v) is 2.50. The van der Waals surface area contributed by atoms with Crippen LogP contribution in [0.15, 0.2) is 30.9 Å². The minimum Gasteiger partial charge on any atom is -0.478 e. The molecule has 0 aromatic heterocycles. The number of alkyl halides is 3. The first-order valence-corrected chi connectivity index (χ1v) is 5.57. The van der Waals surface area contributed by atoms with Gasteiger partial charge in [0.1, 0.15) is 0 Å². The minimum absolute atomic E-state index is 0.118. The molecule has 0 aliphatic carbocycles. The summed E-state index contributed by atoms with van der Waals surface area (Å²) in [7, 11) is 0. The van der Waals surface area contributed by atoms with Crippen molar-refractivity contribution in [2.75, 3.05) is 5.32 Å². The van der Waals surface area contributed by atoms with Gasteiger partial charge in [0.2, 0.25) is 0 Å². The first-order chi connectivity index (χ1) is 8.75. The van der Waals surface area contributed by atoms with E-state index in [2.05, 4.69) is 11.9 Å². The number of carboxylic acids is 1. The molecule has 0 saturated heterocycles. The first-order valence-electron chi connectivity index (χ1n) is 5.57. The van der Waals surface area contributed by atoms with Gasteiger partial charge in [-0.2, -0.15) is 13.2 Å². The number of benzene rings is 1. The molecule has 3 nitrogen and oxygen atoms in total. The number of anilines is 1. The van der Waals surface area contributed by atoms with Crippen LogP contribution in [0.2, 0.25) is 0 Å². The Hall–Kier alpha value is -1.98. The van der Waals surface area contributed by atoms with Crippen LogP contribution in [0.3, 0.4) is 0 Å². The predicted octanol–water partition coefficient (Wildman–Crippen LogP) is 3.78. The van der Waals surface area contributed by atoms with Gasteiger partial charge in [0.05, 0.1) is 11.1 Å². The summed E-state index contributed by atoms with van der Waals surface area (Å²) in [5.74, 6) is -1.40. The Morgan fingerprint density at radius 2 is 2.16 bits per heavy atom. The van der Waals surface area contributed by atoms with Crippen molar-refractivity contribution in [3.63, 3.8) is 0 Å². The summed E-state index contributed by atoms with van der Waals surface area (Å²) in [5.41, 5.74) is -1.22. The fourth-order valence-electron chi connectivity index (χ4n) is 1.60. The fourth-order valence-corrected chi connectivity index (χ4v) is 1.60. The zero-order chi connectivity index (χ0) is 14.6. The van der Waals surface area contributed by atoms with Crippen LogP contribution in [0.25, 0.3) is 0 Å². The zero-order valence-corrected chi connectivity index (χ0v) is 10.3. The molecule has 104 valence electrons. The topological polar surface area (TPSA) is 49.3 Å². The highest BCUT2D eigenvalue weighted by Crippen LogP contribution is 2.32. The third kappa shape index (κ3) is 4.01. The molecule has 0 bridgehead atoms. The molecule has 0 radical (unpaired) electrons. The Morgan fingerprint density at radius 3 is 2.63 bits per heavy atom. The number of hydrogen-bond acceptors (Lipinski definition) is 2. The molecule has 0 aliphatic heterocycles. The van der Waals surface area contributed by atoms with Crippen molar-refractivity contribution in [3.8, 4) is 0 Å². The average Bonchev–Trinajstić information content (AvgIpc) is 2.27. The molecule has 0 saturated carbocycles. The van der Waals surface area contributed by atoms with E-state index in [1.807, 2.05) is 0 Å². The van der Waals surface area contributed by atoms with Crippen molar-refractivity contribution in [1.29, 1.82) is 0 Å². The fraction of sp³-hybridized carbons (Fsp3) is 0.308. The van der Waals surface area contributed by atoms with Crippen LogP contribution in [-0.4, -0.2) is 17.1 Å². The second-order valence-electron chi connectivity index (χ2n) is 4.13. The van der Waals surface area contributed by atoms with E-state index >= 15 is 0 Å². The molecule has 6 heteroatoms. The summed E-state index contributed by atoms with van der Waals surface area (Å²) >= 11 is 0. The van der Waals surface area contributed by atoms with Crippen molar-refractivity contribution < 1.29 is 23.1 Å². The zero-order valence-electron chi connectivity index (χ0n) is 10.3. The number of nitrogens with one attached hydrogen (secondary N) is 1. The monoisotopic (exact) mass is 273 g/mol. The predicted molar refractivity (Wildman–Crippen MR) is 66.3 cm³/mol. The van der Waals surface area contributed by atoms with E-state index in [1.54, 1.807) is 13.0 Å². The summed E-state index contributed by atoms with van der Waals surface area (Å²) < 4.78 is 37.6. The molecule has 19 heavy (non-hydrogen) atoms. The maximum atomic E-state index is 12.5. The van der Waals surface area contributed by atoms with Gasteiger partial charge >= 0.3 is 12.1 Å². The Balaban J connectivity index is 3.12. The quantitative estimate of drug-likeness (QED) is 0.803. The van der Waals surface area contributed by atoms with E-state index in [9.17, 15) is 18.0 Å². The second-order valence-corrected chi connectivity index (χ2v) is 4.13. The molecule has 0 fully saturated rings. The molecular formula is C13H14F3NO2. The summed E-state index contributed by atoms with van der Waals surface area (Å²) in [6.45, 7) is 5.32. The maximum Gasteiger partial charge on any atom is 0.416 e. The van der Waals surface area contributed by atoms with Gasteiger partial charge in [-0.15, -0.1) is 6.58 Å². The Bertz CT molecular complexity index is 483. The Labute approximate surface area is 108 Å². The molecule has 1 aromatic carbocycles. The Morgan fingerprint density at radius 1 is 1.53 bits per heavy atom. The van der Waals surface area contributed by atoms with Crippen LogP contribution >= 0.6 is 0 Å². The average molecular weight is 273 g/mol. The number of hydrogen-bond donors (Lipinski definition) is 2. The molecule has 0 heterocycles. The molecule has 1 aromatic rings. The molecule has 2 N–H and O–H groups in total. The first kappa shape index (κ1) is 15.1. The van der Waals surface area contributed by atoms with E-state index in [1.165, 1.54) is 0 Å². The standard InChI is InChI=1S/C13H14F3NO2/c1-3-4-8(2)17-11-6-5-9(13(14,15)16)7-10(11)12(18)19/h3,5-8,17H,1,4H2,2H3,(H,18,19). The van der Waals surface area contributed by atoms with Crippen molar-refractivity contribution in [2.45, 2.75) is 25.6 Å².